The molecule has 0 amide bonds. The van der Waals surface area contributed by atoms with Gasteiger partial charge in [0, 0.05) is 11.5 Å². The van der Waals surface area contributed by atoms with Crippen molar-refractivity contribution in [1.82, 2.24) is 9.78 Å². The van der Waals surface area contributed by atoms with Gasteiger partial charge in [-0.15, -0.1) is 0 Å². The van der Waals surface area contributed by atoms with Gasteiger partial charge < -0.3 is 5.73 Å². The lowest BCUT2D eigenvalue weighted by Crippen LogP contribution is -2.16. The number of hydrogen-bond donors (Lipinski definition) is 2. The number of aromatic nitrogens is 2. The van der Waals surface area contributed by atoms with E-state index in [1.807, 2.05) is 26.0 Å². The number of rotatable bonds is 3. The van der Waals surface area contributed by atoms with E-state index in [2.05, 4.69) is 25.8 Å². The van der Waals surface area contributed by atoms with Gasteiger partial charge in [-0.05, 0) is 44.0 Å². The summed E-state index contributed by atoms with van der Waals surface area (Å²) >= 11 is 3.39. The summed E-state index contributed by atoms with van der Waals surface area (Å²) in [4.78, 5) is 0.0201. The van der Waals surface area contributed by atoms with Crippen molar-refractivity contribution < 1.29 is 8.42 Å². The van der Waals surface area contributed by atoms with Crippen LogP contribution < -0.4 is 10.5 Å². The van der Waals surface area contributed by atoms with E-state index < -0.39 is 10.0 Å². The van der Waals surface area contributed by atoms with Crippen LogP contribution in [0.4, 0.5) is 11.5 Å². The zero-order valence-corrected chi connectivity index (χ0v) is 14.6. The van der Waals surface area contributed by atoms with E-state index >= 15 is 0 Å². The van der Waals surface area contributed by atoms with Crippen LogP contribution in [0.15, 0.2) is 21.5 Å². The normalized spacial score (nSPS) is 11.7. The molecular weight excluding hydrogens is 356 g/mol. The van der Waals surface area contributed by atoms with Gasteiger partial charge in [0.2, 0.25) is 0 Å². The van der Waals surface area contributed by atoms with E-state index in [9.17, 15) is 8.42 Å². The molecule has 114 valence electrons. The molecule has 3 N–H and O–H groups in total. The number of anilines is 2. The molecule has 0 aliphatic heterocycles. The highest BCUT2D eigenvalue weighted by Crippen LogP contribution is 2.29. The van der Waals surface area contributed by atoms with Crippen LogP contribution in [0.3, 0.4) is 0 Å². The maximum absolute atomic E-state index is 12.6. The number of nitrogens with two attached hydrogens (primary N) is 1. The molecule has 0 saturated heterocycles. The van der Waals surface area contributed by atoms with Crippen LogP contribution in [0.25, 0.3) is 0 Å². The Labute approximate surface area is 132 Å². The molecule has 0 saturated carbocycles. The molecule has 0 fully saturated rings. The summed E-state index contributed by atoms with van der Waals surface area (Å²) in [5.74, 6) is -0.00471. The zero-order valence-electron chi connectivity index (χ0n) is 12.2. The standard InChI is InChI=1S/C13H17BrN4O2S/c1-7-5-10(14)6-8(2)11(7)17-21(19,20)12-9(3)18(4)16-13(12)15/h5-6,17H,1-4H3,(H2,15,16). The molecule has 21 heavy (non-hydrogen) atoms. The highest BCUT2D eigenvalue weighted by Gasteiger charge is 2.25. The van der Waals surface area contributed by atoms with Gasteiger partial charge in [-0.3, -0.25) is 9.40 Å². The highest BCUT2D eigenvalue weighted by molar-refractivity contribution is 9.10. The van der Waals surface area contributed by atoms with Gasteiger partial charge in [0.15, 0.2) is 10.7 Å². The number of nitrogen functional groups attached to an aromatic ring is 1. The summed E-state index contributed by atoms with van der Waals surface area (Å²) in [7, 11) is -2.13. The van der Waals surface area contributed by atoms with E-state index in [4.69, 9.17) is 5.73 Å². The third kappa shape index (κ3) is 2.91. The fraction of sp³-hybridized carbons (Fsp3) is 0.308. The van der Waals surface area contributed by atoms with Crippen LogP contribution in [-0.4, -0.2) is 18.2 Å². The first kappa shape index (κ1) is 15.8. The minimum Gasteiger partial charge on any atom is -0.381 e. The second-order valence-corrected chi connectivity index (χ2v) is 7.48. The molecule has 2 aromatic rings. The van der Waals surface area contributed by atoms with E-state index in [0.717, 1.165) is 15.6 Å². The maximum Gasteiger partial charge on any atom is 0.267 e. The Morgan fingerprint density at radius 3 is 2.19 bits per heavy atom. The van der Waals surface area contributed by atoms with Crippen LogP contribution in [0.1, 0.15) is 16.8 Å². The topological polar surface area (TPSA) is 90.0 Å². The molecule has 1 aromatic heterocycles. The lowest BCUT2D eigenvalue weighted by atomic mass is 10.1. The van der Waals surface area contributed by atoms with Crippen molar-refractivity contribution >= 4 is 37.5 Å². The molecule has 1 heterocycles. The van der Waals surface area contributed by atoms with Crippen molar-refractivity contribution in [3.63, 3.8) is 0 Å². The molecule has 0 atom stereocenters. The molecule has 0 unspecified atom stereocenters. The van der Waals surface area contributed by atoms with Gasteiger partial charge in [-0.1, -0.05) is 15.9 Å². The number of aryl methyl sites for hydroxylation is 3. The van der Waals surface area contributed by atoms with Crippen LogP contribution in [0, 0.1) is 20.8 Å². The van der Waals surface area contributed by atoms with Gasteiger partial charge >= 0.3 is 0 Å². The fourth-order valence-electron chi connectivity index (χ4n) is 2.20. The summed E-state index contributed by atoms with van der Waals surface area (Å²) in [6, 6.07) is 3.70. The Kier molecular flexibility index (Phi) is 4.03. The summed E-state index contributed by atoms with van der Waals surface area (Å²) in [5, 5.41) is 3.95. The number of nitrogens with zero attached hydrogens (tertiary/aromatic N) is 2. The van der Waals surface area contributed by atoms with Crippen LogP contribution in [0.5, 0.6) is 0 Å². The largest absolute Gasteiger partial charge is 0.381 e. The molecule has 1 aromatic carbocycles. The maximum atomic E-state index is 12.6. The zero-order chi connectivity index (χ0) is 15.9. The summed E-state index contributed by atoms with van der Waals surface area (Å²) in [5.41, 5.74) is 8.42. The first-order valence-corrected chi connectivity index (χ1v) is 8.49. The summed E-state index contributed by atoms with van der Waals surface area (Å²) < 4.78 is 30.1. The average Bonchev–Trinajstić information content (AvgIpc) is 2.58. The molecule has 0 spiro atoms. The third-order valence-corrected chi connectivity index (χ3v) is 5.28. The number of nitrogens with one attached hydrogen (secondary N) is 1. The molecule has 0 radical (unpaired) electrons. The number of sulfonamides is 1. The van der Waals surface area contributed by atoms with Crippen molar-refractivity contribution in [3.8, 4) is 0 Å². The SMILES string of the molecule is Cc1cc(Br)cc(C)c1NS(=O)(=O)c1c(N)nn(C)c1C. The van der Waals surface area contributed by atoms with Crippen molar-refractivity contribution in [3.05, 3.63) is 33.4 Å². The molecule has 6 nitrogen and oxygen atoms in total. The van der Waals surface area contributed by atoms with Crippen molar-refractivity contribution in [2.45, 2.75) is 25.7 Å². The number of hydrogen-bond acceptors (Lipinski definition) is 4. The Hall–Kier alpha value is -1.54. The minimum absolute atomic E-state index is 0.00471. The van der Waals surface area contributed by atoms with Gasteiger partial charge in [0.1, 0.15) is 0 Å². The second-order valence-electron chi connectivity index (χ2n) is 4.94. The quantitative estimate of drug-likeness (QED) is 0.865. The first-order valence-electron chi connectivity index (χ1n) is 6.22. The molecule has 0 bridgehead atoms. The Balaban J connectivity index is 2.53. The smallest absolute Gasteiger partial charge is 0.267 e. The van der Waals surface area contributed by atoms with Gasteiger partial charge in [-0.25, -0.2) is 8.42 Å². The Morgan fingerprint density at radius 2 is 1.76 bits per heavy atom. The van der Waals surface area contributed by atoms with E-state index in [1.54, 1.807) is 14.0 Å². The number of benzene rings is 1. The predicted molar refractivity (Wildman–Crippen MR) is 86.8 cm³/mol. The molecule has 2 rings (SSSR count). The molecular formula is C13H17BrN4O2S. The van der Waals surface area contributed by atoms with Crippen molar-refractivity contribution in [2.24, 2.45) is 7.05 Å². The van der Waals surface area contributed by atoms with Gasteiger partial charge in [0.25, 0.3) is 10.0 Å². The Morgan fingerprint density at radius 1 is 1.24 bits per heavy atom. The van der Waals surface area contributed by atoms with Gasteiger partial charge in [-0.2, -0.15) is 5.10 Å². The fourth-order valence-corrected chi connectivity index (χ4v) is 4.42. The number of halogens is 1. The molecule has 0 aliphatic rings. The predicted octanol–water partition coefficient (Wildman–Crippen LogP) is 2.49. The van der Waals surface area contributed by atoms with Crippen LogP contribution in [-0.2, 0) is 17.1 Å². The van der Waals surface area contributed by atoms with Crippen molar-refractivity contribution in [1.29, 1.82) is 0 Å². The van der Waals surface area contributed by atoms with Crippen LogP contribution >= 0.6 is 15.9 Å². The van der Waals surface area contributed by atoms with E-state index in [0.29, 0.717) is 11.4 Å². The molecule has 8 heteroatoms. The van der Waals surface area contributed by atoms with E-state index in [1.165, 1.54) is 4.68 Å². The second kappa shape index (κ2) is 5.34. The lowest BCUT2D eigenvalue weighted by Gasteiger charge is -2.14. The van der Waals surface area contributed by atoms with Crippen LogP contribution in [0.2, 0.25) is 0 Å². The Bertz CT molecular complexity index is 789. The third-order valence-electron chi connectivity index (χ3n) is 3.31. The summed E-state index contributed by atoms with van der Waals surface area (Å²) in [6.45, 7) is 5.35. The first-order chi connectivity index (χ1) is 9.63. The minimum atomic E-state index is -3.79. The lowest BCUT2D eigenvalue weighted by molar-refractivity contribution is 0.600. The average molecular weight is 373 g/mol. The summed E-state index contributed by atoms with van der Waals surface area (Å²) in [6.07, 6.45) is 0. The van der Waals surface area contributed by atoms with Gasteiger partial charge in [0.05, 0.1) is 11.4 Å². The van der Waals surface area contributed by atoms with E-state index in [-0.39, 0.29) is 10.7 Å². The highest BCUT2D eigenvalue weighted by atomic mass is 79.9. The monoisotopic (exact) mass is 372 g/mol. The molecule has 0 aliphatic carbocycles. The van der Waals surface area contributed by atoms with Crippen molar-refractivity contribution in [2.75, 3.05) is 10.5 Å².